The van der Waals surface area contributed by atoms with Gasteiger partial charge in [-0.15, -0.1) is 0 Å². The van der Waals surface area contributed by atoms with Gasteiger partial charge >= 0.3 is 5.69 Å². The minimum Gasteiger partial charge on any atom is -0.311 e. The van der Waals surface area contributed by atoms with Crippen LogP contribution in [0.25, 0.3) is 0 Å². The third kappa shape index (κ3) is 4.46. The van der Waals surface area contributed by atoms with Crippen LogP contribution < -0.4 is 11.2 Å². The molecule has 0 spiro atoms. The van der Waals surface area contributed by atoms with Crippen LogP contribution in [0.5, 0.6) is 0 Å². The molecule has 2 N–H and O–H groups in total. The molecular weight excluding hydrogens is 340 g/mol. The number of halogens is 2. The molecule has 3 rings (SSSR count). The lowest BCUT2D eigenvalue weighted by Crippen LogP contribution is -2.38. The lowest BCUT2D eigenvalue weighted by atomic mass is 9.91. The Hall–Kier alpha value is -2.28. The van der Waals surface area contributed by atoms with Crippen molar-refractivity contribution in [1.29, 1.82) is 0 Å². The first kappa shape index (κ1) is 18.5. The van der Waals surface area contributed by atoms with Crippen molar-refractivity contribution < 1.29 is 8.78 Å². The highest BCUT2D eigenvalue weighted by Gasteiger charge is 2.22. The molecular formula is C19H23F2N3O2. The predicted molar refractivity (Wildman–Crippen MR) is 95.1 cm³/mol. The fourth-order valence-corrected chi connectivity index (χ4v) is 3.65. The summed E-state index contributed by atoms with van der Waals surface area (Å²) in [5.74, 6) is -0.653. The molecule has 1 aromatic heterocycles. The Morgan fingerprint density at radius 2 is 2.04 bits per heavy atom. The smallest absolute Gasteiger partial charge is 0.311 e. The first-order valence-electron chi connectivity index (χ1n) is 8.90. The number of nitrogens with zero attached hydrogens (tertiary/aromatic N) is 1. The summed E-state index contributed by atoms with van der Waals surface area (Å²) >= 11 is 0. The highest BCUT2D eigenvalue weighted by atomic mass is 19.1. The number of H-pyrrole nitrogens is 2. The Morgan fingerprint density at radius 1 is 1.23 bits per heavy atom. The van der Waals surface area contributed by atoms with Crippen LogP contribution in [-0.2, 0) is 13.0 Å². The molecule has 5 nitrogen and oxygen atoms in total. The van der Waals surface area contributed by atoms with Crippen molar-refractivity contribution in [2.45, 2.75) is 39.2 Å². The topological polar surface area (TPSA) is 69.0 Å². The average molecular weight is 363 g/mol. The maximum absolute atomic E-state index is 13.8. The van der Waals surface area contributed by atoms with Gasteiger partial charge in [0.1, 0.15) is 11.6 Å². The number of aryl methyl sites for hydroxylation is 2. The number of likely N-dealkylation sites (tertiary alicyclic amines) is 1. The number of hydrogen-bond donors (Lipinski definition) is 2. The summed E-state index contributed by atoms with van der Waals surface area (Å²) in [5, 5.41) is 0. The Morgan fingerprint density at radius 3 is 2.77 bits per heavy atom. The number of piperidine rings is 1. The van der Waals surface area contributed by atoms with Gasteiger partial charge in [0, 0.05) is 24.8 Å². The van der Waals surface area contributed by atoms with E-state index in [9.17, 15) is 18.4 Å². The third-order valence-corrected chi connectivity index (χ3v) is 5.08. The normalized spacial score (nSPS) is 18.2. The van der Waals surface area contributed by atoms with Gasteiger partial charge in [0.15, 0.2) is 0 Å². The minimum atomic E-state index is -0.559. The molecule has 1 aromatic carbocycles. The second-order valence-electron chi connectivity index (χ2n) is 7.03. The van der Waals surface area contributed by atoms with E-state index in [0.29, 0.717) is 35.7 Å². The van der Waals surface area contributed by atoms with Crippen molar-refractivity contribution in [3.8, 4) is 0 Å². The van der Waals surface area contributed by atoms with Crippen molar-refractivity contribution in [1.82, 2.24) is 14.9 Å². The maximum Gasteiger partial charge on any atom is 0.325 e. The molecule has 140 valence electrons. The minimum absolute atomic E-state index is 0.346. The van der Waals surface area contributed by atoms with Crippen LogP contribution in [0.15, 0.2) is 27.8 Å². The van der Waals surface area contributed by atoms with E-state index in [4.69, 9.17) is 0 Å². The first-order chi connectivity index (χ1) is 12.4. The van der Waals surface area contributed by atoms with E-state index >= 15 is 0 Å². The summed E-state index contributed by atoms with van der Waals surface area (Å²) < 4.78 is 26.8. The van der Waals surface area contributed by atoms with Crippen molar-refractivity contribution >= 4 is 0 Å². The summed E-state index contributed by atoms with van der Waals surface area (Å²) in [7, 11) is 0. The van der Waals surface area contributed by atoms with Gasteiger partial charge in [-0.25, -0.2) is 13.6 Å². The molecule has 2 heterocycles. The molecule has 0 radical (unpaired) electrons. The van der Waals surface area contributed by atoms with Gasteiger partial charge in [0.2, 0.25) is 0 Å². The number of aromatic nitrogens is 2. The quantitative estimate of drug-likeness (QED) is 0.858. The molecule has 1 atom stereocenters. The first-order valence-corrected chi connectivity index (χ1v) is 8.90. The Kier molecular flexibility index (Phi) is 5.66. The van der Waals surface area contributed by atoms with Gasteiger partial charge in [0.05, 0.1) is 5.56 Å². The number of aromatic amines is 2. The van der Waals surface area contributed by atoms with Gasteiger partial charge in [-0.3, -0.25) is 14.7 Å². The summed E-state index contributed by atoms with van der Waals surface area (Å²) in [5.41, 5.74) is 0.872. The zero-order valence-electron chi connectivity index (χ0n) is 14.8. The van der Waals surface area contributed by atoms with E-state index in [-0.39, 0.29) is 5.56 Å². The Labute approximate surface area is 150 Å². The van der Waals surface area contributed by atoms with E-state index in [1.54, 1.807) is 6.92 Å². The Balaban J connectivity index is 1.61. The van der Waals surface area contributed by atoms with E-state index in [1.807, 2.05) is 0 Å². The van der Waals surface area contributed by atoms with Crippen LogP contribution in [0.2, 0.25) is 0 Å². The molecule has 0 amide bonds. The van der Waals surface area contributed by atoms with Gasteiger partial charge in [-0.05, 0) is 56.7 Å². The lowest BCUT2D eigenvalue weighted by Gasteiger charge is -2.32. The molecule has 0 saturated carbocycles. The highest BCUT2D eigenvalue weighted by Crippen LogP contribution is 2.23. The van der Waals surface area contributed by atoms with Crippen LogP contribution in [0.1, 0.15) is 36.1 Å². The van der Waals surface area contributed by atoms with Crippen LogP contribution >= 0.6 is 0 Å². The number of hydrogen-bond acceptors (Lipinski definition) is 3. The summed E-state index contributed by atoms with van der Waals surface area (Å²) in [4.78, 5) is 30.4. The van der Waals surface area contributed by atoms with E-state index in [1.165, 1.54) is 12.1 Å². The molecule has 1 aliphatic heterocycles. The molecule has 0 bridgehead atoms. The SMILES string of the molecule is Cc1[nH]c(=O)[nH]c(=O)c1CN1CCC[C@@H](CCc2ccc(F)cc2F)C1. The largest absolute Gasteiger partial charge is 0.325 e. The molecule has 2 aromatic rings. The molecule has 1 aliphatic rings. The molecule has 0 aliphatic carbocycles. The Bertz CT molecular complexity index is 891. The van der Waals surface area contributed by atoms with Gasteiger partial charge < -0.3 is 4.98 Å². The molecule has 0 unspecified atom stereocenters. The number of rotatable bonds is 5. The standard InChI is InChI=1S/C19H23F2N3O2/c1-12-16(18(25)23-19(26)22-12)11-24-8-2-3-13(10-24)4-5-14-6-7-15(20)9-17(14)21/h6-7,9,13H,2-5,8,10-11H2,1H3,(H2,22,23,25,26)/t13-/m0/s1. The summed E-state index contributed by atoms with van der Waals surface area (Å²) in [6.07, 6.45) is 3.46. The second kappa shape index (κ2) is 7.95. The third-order valence-electron chi connectivity index (χ3n) is 5.08. The fraction of sp³-hybridized carbons (Fsp3) is 0.474. The number of nitrogens with one attached hydrogen (secondary N) is 2. The lowest BCUT2D eigenvalue weighted by molar-refractivity contribution is 0.160. The maximum atomic E-state index is 13.8. The average Bonchev–Trinajstić information content (AvgIpc) is 2.58. The zero-order chi connectivity index (χ0) is 18.7. The molecule has 26 heavy (non-hydrogen) atoms. The summed E-state index contributed by atoms with van der Waals surface area (Å²) in [6.45, 7) is 3.92. The van der Waals surface area contributed by atoms with Gasteiger partial charge in [0.25, 0.3) is 5.56 Å². The van der Waals surface area contributed by atoms with Crippen LogP contribution in [0, 0.1) is 24.5 Å². The van der Waals surface area contributed by atoms with Gasteiger partial charge in [-0.2, -0.15) is 0 Å². The predicted octanol–water partition coefficient (Wildman–Crippen LogP) is 2.49. The highest BCUT2D eigenvalue weighted by molar-refractivity contribution is 5.19. The van der Waals surface area contributed by atoms with Crippen molar-refractivity contribution in [3.05, 3.63) is 67.5 Å². The van der Waals surface area contributed by atoms with Crippen molar-refractivity contribution in [2.24, 2.45) is 5.92 Å². The second-order valence-corrected chi connectivity index (χ2v) is 7.03. The molecule has 1 fully saturated rings. The van der Waals surface area contributed by atoms with Crippen molar-refractivity contribution in [2.75, 3.05) is 13.1 Å². The van der Waals surface area contributed by atoms with E-state index < -0.39 is 17.3 Å². The van der Waals surface area contributed by atoms with E-state index in [2.05, 4.69) is 14.9 Å². The van der Waals surface area contributed by atoms with Crippen molar-refractivity contribution in [3.63, 3.8) is 0 Å². The van der Waals surface area contributed by atoms with Crippen LogP contribution in [-0.4, -0.2) is 28.0 Å². The van der Waals surface area contributed by atoms with Gasteiger partial charge in [-0.1, -0.05) is 6.07 Å². The van der Waals surface area contributed by atoms with Crippen LogP contribution in [0.4, 0.5) is 8.78 Å². The van der Waals surface area contributed by atoms with E-state index in [0.717, 1.165) is 38.4 Å². The fourth-order valence-electron chi connectivity index (χ4n) is 3.65. The molecule has 7 heteroatoms. The van der Waals surface area contributed by atoms with Crippen LogP contribution in [0.3, 0.4) is 0 Å². The molecule has 1 saturated heterocycles. The monoisotopic (exact) mass is 363 g/mol. The zero-order valence-corrected chi connectivity index (χ0v) is 14.8. The summed E-state index contributed by atoms with van der Waals surface area (Å²) in [6, 6.07) is 3.72. The number of benzene rings is 1.